The van der Waals surface area contributed by atoms with Crippen LogP contribution in [-0.4, -0.2) is 34.3 Å². The molecule has 2 unspecified atom stereocenters. The van der Waals surface area contributed by atoms with Crippen molar-refractivity contribution < 1.29 is 5.11 Å². The number of aromatic nitrogens is 2. The van der Waals surface area contributed by atoms with Gasteiger partial charge in [-0.25, -0.2) is 9.97 Å². The number of fused-ring (bicyclic) bond motifs is 1. The Morgan fingerprint density at radius 3 is 2.94 bits per heavy atom. The van der Waals surface area contributed by atoms with Crippen molar-refractivity contribution in [1.82, 2.24) is 9.97 Å². The molecule has 1 fully saturated rings. The minimum atomic E-state index is -0.215. The number of hydrogen-bond donors (Lipinski definition) is 1. The second-order valence-electron chi connectivity index (χ2n) is 5.57. The second kappa shape index (κ2) is 4.84. The minimum Gasteiger partial charge on any atom is -0.393 e. The first kappa shape index (κ1) is 11.9. The average molecular weight is 247 g/mol. The molecule has 1 N–H and O–H groups in total. The fourth-order valence-electron chi connectivity index (χ4n) is 3.15. The van der Waals surface area contributed by atoms with Gasteiger partial charge in [0.25, 0.3) is 0 Å². The quantitative estimate of drug-likeness (QED) is 0.861. The summed E-state index contributed by atoms with van der Waals surface area (Å²) >= 11 is 0. The van der Waals surface area contributed by atoms with Crippen LogP contribution in [0.1, 0.15) is 37.4 Å². The SMILES string of the molecule is CC(O)C1CCN(c2ncnc3c2CCCC3)C1. The fraction of sp³-hybridized carbons (Fsp3) is 0.714. The Morgan fingerprint density at radius 1 is 1.33 bits per heavy atom. The Labute approximate surface area is 108 Å². The molecule has 1 saturated heterocycles. The normalized spacial score (nSPS) is 25.0. The molecule has 1 aliphatic heterocycles. The lowest BCUT2D eigenvalue weighted by atomic mass is 9.96. The van der Waals surface area contributed by atoms with Gasteiger partial charge in [-0.05, 0) is 39.0 Å². The predicted octanol–water partition coefficient (Wildman–Crippen LogP) is 1.56. The predicted molar refractivity (Wildman–Crippen MR) is 70.7 cm³/mol. The van der Waals surface area contributed by atoms with Crippen LogP contribution >= 0.6 is 0 Å². The number of aliphatic hydroxyl groups excluding tert-OH is 1. The zero-order valence-corrected chi connectivity index (χ0v) is 11.0. The Bertz CT molecular complexity index is 433. The van der Waals surface area contributed by atoms with Crippen molar-refractivity contribution in [2.75, 3.05) is 18.0 Å². The van der Waals surface area contributed by atoms with Gasteiger partial charge < -0.3 is 10.0 Å². The maximum Gasteiger partial charge on any atom is 0.135 e. The third-order valence-corrected chi connectivity index (χ3v) is 4.31. The van der Waals surface area contributed by atoms with E-state index in [4.69, 9.17) is 0 Å². The van der Waals surface area contributed by atoms with Gasteiger partial charge in [-0.15, -0.1) is 0 Å². The van der Waals surface area contributed by atoms with Crippen molar-refractivity contribution >= 4 is 5.82 Å². The number of aliphatic hydroxyl groups is 1. The summed E-state index contributed by atoms with van der Waals surface area (Å²) in [7, 11) is 0. The van der Waals surface area contributed by atoms with E-state index in [0.717, 1.165) is 38.2 Å². The van der Waals surface area contributed by atoms with Crippen LogP contribution in [0, 0.1) is 5.92 Å². The molecular formula is C14H21N3O. The highest BCUT2D eigenvalue weighted by atomic mass is 16.3. The highest BCUT2D eigenvalue weighted by Gasteiger charge is 2.29. The van der Waals surface area contributed by atoms with Crippen LogP contribution in [-0.2, 0) is 12.8 Å². The van der Waals surface area contributed by atoms with Crippen LogP contribution in [0.25, 0.3) is 0 Å². The van der Waals surface area contributed by atoms with Gasteiger partial charge in [-0.3, -0.25) is 0 Å². The van der Waals surface area contributed by atoms with Gasteiger partial charge in [-0.1, -0.05) is 0 Å². The van der Waals surface area contributed by atoms with Crippen molar-refractivity contribution in [1.29, 1.82) is 0 Å². The van der Waals surface area contributed by atoms with Crippen molar-refractivity contribution in [3.05, 3.63) is 17.6 Å². The molecule has 4 nitrogen and oxygen atoms in total. The van der Waals surface area contributed by atoms with Crippen LogP contribution in [0.15, 0.2) is 6.33 Å². The van der Waals surface area contributed by atoms with E-state index in [1.54, 1.807) is 6.33 Å². The van der Waals surface area contributed by atoms with E-state index >= 15 is 0 Å². The molecule has 4 heteroatoms. The molecule has 1 aromatic rings. The summed E-state index contributed by atoms with van der Waals surface area (Å²) in [6.07, 6.45) is 7.26. The Kier molecular flexibility index (Phi) is 3.20. The van der Waals surface area contributed by atoms with E-state index in [1.165, 1.54) is 24.1 Å². The van der Waals surface area contributed by atoms with Crippen molar-refractivity contribution in [2.24, 2.45) is 5.92 Å². The number of hydrogen-bond acceptors (Lipinski definition) is 4. The van der Waals surface area contributed by atoms with Crippen molar-refractivity contribution in [2.45, 2.75) is 45.1 Å². The summed E-state index contributed by atoms with van der Waals surface area (Å²) in [5, 5.41) is 9.70. The Morgan fingerprint density at radius 2 is 2.17 bits per heavy atom. The number of nitrogens with zero attached hydrogens (tertiary/aromatic N) is 3. The zero-order chi connectivity index (χ0) is 12.5. The first-order valence-corrected chi connectivity index (χ1v) is 7.01. The summed E-state index contributed by atoms with van der Waals surface area (Å²) in [4.78, 5) is 11.3. The maximum atomic E-state index is 9.70. The molecule has 98 valence electrons. The lowest BCUT2D eigenvalue weighted by Gasteiger charge is -2.24. The molecule has 18 heavy (non-hydrogen) atoms. The molecule has 1 aliphatic carbocycles. The first-order valence-electron chi connectivity index (χ1n) is 7.01. The van der Waals surface area contributed by atoms with E-state index in [2.05, 4.69) is 14.9 Å². The van der Waals surface area contributed by atoms with E-state index in [9.17, 15) is 5.11 Å². The average Bonchev–Trinajstić information content (AvgIpc) is 2.87. The largest absolute Gasteiger partial charge is 0.393 e. The van der Waals surface area contributed by atoms with Gasteiger partial charge in [-0.2, -0.15) is 0 Å². The van der Waals surface area contributed by atoms with Gasteiger partial charge >= 0.3 is 0 Å². The molecule has 0 aromatic carbocycles. The summed E-state index contributed by atoms with van der Waals surface area (Å²) in [5.41, 5.74) is 2.60. The number of anilines is 1. The highest BCUT2D eigenvalue weighted by molar-refractivity contribution is 5.50. The van der Waals surface area contributed by atoms with E-state index in [1.807, 2.05) is 6.92 Å². The highest BCUT2D eigenvalue weighted by Crippen LogP contribution is 2.31. The third kappa shape index (κ3) is 2.09. The maximum absolute atomic E-state index is 9.70. The molecule has 0 amide bonds. The van der Waals surface area contributed by atoms with Gasteiger partial charge in [0.15, 0.2) is 0 Å². The molecule has 0 saturated carbocycles. The monoisotopic (exact) mass is 247 g/mol. The van der Waals surface area contributed by atoms with Crippen LogP contribution in [0.2, 0.25) is 0 Å². The van der Waals surface area contributed by atoms with E-state index in [-0.39, 0.29) is 6.10 Å². The van der Waals surface area contributed by atoms with Crippen LogP contribution in [0.5, 0.6) is 0 Å². The smallest absolute Gasteiger partial charge is 0.135 e. The molecule has 0 bridgehead atoms. The second-order valence-corrected chi connectivity index (χ2v) is 5.57. The zero-order valence-electron chi connectivity index (χ0n) is 11.0. The summed E-state index contributed by atoms with van der Waals surface area (Å²) in [6, 6.07) is 0. The van der Waals surface area contributed by atoms with Gasteiger partial charge in [0.05, 0.1) is 6.10 Å². The molecule has 2 heterocycles. The number of rotatable bonds is 2. The van der Waals surface area contributed by atoms with E-state index < -0.39 is 0 Å². The molecule has 3 rings (SSSR count). The van der Waals surface area contributed by atoms with Crippen molar-refractivity contribution in [3.8, 4) is 0 Å². The van der Waals surface area contributed by atoms with E-state index in [0.29, 0.717) is 5.92 Å². The van der Waals surface area contributed by atoms with Crippen LogP contribution in [0.3, 0.4) is 0 Å². The van der Waals surface area contributed by atoms with Crippen molar-refractivity contribution in [3.63, 3.8) is 0 Å². The fourth-order valence-corrected chi connectivity index (χ4v) is 3.15. The standard InChI is InChI=1S/C14H21N3O/c1-10(18)11-6-7-17(8-11)14-12-4-2-3-5-13(12)15-9-16-14/h9-11,18H,2-8H2,1H3. The van der Waals surface area contributed by atoms with Crippen LogP contribution in [0.4, 0.5) is 5.82 Å². The number of aryl methyl sites for hydroxylation is 1. The lowest BCUT2D eigenvalue weighted by Crippen LogP contribution is -2.26. The molecule has 0 radical (unpaired) electrons. The first-order chi connectivity index (χ1) is 8.75. The summed E-state index contributed by atoms with van der Waals surface area (Å²) in [6.45, 7) is 3.84. The molecule has 2 atom stereocenters. The molecular weight excluding hydrogens is 226 g/mol. The topological polar surface area (TPSA) is 49.2 Å². The van der Waals surface area contributed by atoms with Gasteiger partial charge in [0.1, 0.15) is 12.1 Å². The van der Waals surface area contributed by atoms with Gasteiger partial charge in [0.2, 0.25) is 0 Å². The molecule has 2 aliphatic rings. The van der Waals surface area contributed by atoms with Gasteiger partial charge in [0, 0.05) is 30.3 Å². The van der Waals surface area contributed by atoms with Crippen LogP contribution < -0.4 is 4.90 Å². The molecule has 0 spiro atoms. The lowest BCUT2D eigenvalue weighted by molar-refractivity contribution is 0.136. The minimum absolute atomic E-state index is 0.215. The third-order valence-electron chi connectivity index (χ3n) is 4.31. The Hall–Kier alpha value is -1.16. The summed E-state index contributed by atoms with van der Waals surface area (Å²) in [5.74, 6) is 1.52. The molecule has 1 aromatic heterocycles. The Balaban J connectivity index is 1.85. The summed E-state index contributed by atoms with van der Waals surface area (Å²) < 4.78 is 0.